The number of benzene rings is 2. The van der Waals surface area contributed by atoms with Gasteiger partial charge in [0.15, 0.2) is 0 Å². The van der Waals surface area contributed by atoms with Crippen molar-refractivity contribution in [3.8, 4) is 0 Å². The molecule has 0 amide bonds. The summed E-state index contributed by atoms with van der Waals surface area (Å²) < 4.78 is 28.4. The zero-order chi connectivity index (χ0) is 14.8. The Kier molecular flexibility index (Phi) is 4.88. The zero-order valence-electron chi connectivity index (χ0n) is 10.8. The predicted molar refractivity (Wildman–Crippen MR) is 88.5 cm³/mol. The van der Waals surface area contributed by atoms with E-state index in [-0.39, 0.29) is 4.90 Å². The number of anilines is 1. The number of halogens is 2. The highest BCUT2D eigenvalue weighted by molar-refractivity contribution is 9.10. The van der Waals surface area contributed by atoms with Crippen LogP contribution in [0.4, 0.5) is 5.69 Å². The standard InChI is InChI=1S/C14H13Br2NO2S/c1-2-17(14-6-4-3-5-13(14)16)20(18,19)12-9-7-11(15)8-10-12/h3-10H,2H2,1H3. The van der Waals surface area contributed by atoms with Gasteiger partial charge in [-0.05, 0) is 59.3 Å². The van der Waals surface area contributed by atoms with E-state index in [0.717, 1.165) is 8.95 Å². The summed E-state index contributed by atoms with van der Waals surface area (Å²) in [6.45, 7) is 2.18. The Hall–Kier alpha value is -0.850. The van der Waals surface area contributed by atoms with E-state index < -0.39 is 10.0 Å². The summed E-state index contributed by atoms with van der Waals surface area (Å²) in [6, 6.07) is 13.9. The maximum absolute atomic E-state index is 12.7. The number of nitrogens with zero attached hydrogens (tertiary/aromatic N) is 1. The number of rotatable bonds is 4. The molecule has 0 fully saturated rings. The van der Waals surface area contributed by atoms with Gasteiger partial charge in [0.25, 0.3) is 10.0 Å². The van der Waals surface area contributed by atoms with E-state index in [0.29, 0.717) is 12.2 Å². The zero-order valence-corrected chi connectivity index (χ0v) is 14.7. The van der Waals surface area contributed by atoms with Gasteiger partial charge in [-0.3, -0.25) is 4.31 Å². The summed E-state index contributed by atoms with van der Waals surface area (Å²) in [7, 11) is -3.56. The van der Waals surface area contributed by atoms with Crippen LogP contribution in [0.25, 0.3) is 0 Å². The first kappa shape index (κ1) is 15.5. The molecule has 0 saturated heterocycles. The molecular weight excluding hydrogens is 406 g/mol. The Bertz CT molecular complexity index is 699. The van der Waals surface area contributed by atoms with Crippen molar-refractivity contribution >= 4 is 47.6 Å². The molecule has 0 saturated carbocycles. The molecule has 0 N–H and O–H groups in total. The molecule has 0 bridgehead atoms. The Morgan fingerprint density at radius 3 is 2.15 bits per heavy atom. The van der Waals surface area contributed by atoms with E-state index in [1.165, 1.54) is 4.31 Å². The molecule has 2 rings (SSSR count). The van der Waals surface area contributed by atoms with Gasteiger partial charge < -0.3 is 0 Å². The van der Waals surface area contributed by atoms with Gasteiger partial charge in [0.2, 0.25) is 0 Å². The van der Waals surface area contributed by atoms with Crippen LogP contribution >= 0.6 is 31.9 Å². The van der Waals surface area contributed by atoms with E-state index >= 15 is 0 Å². The molecule has 0 atom stereocenters. The van der Waals surface area contributed by atoms with Gasteiger partial charge in [-0.25, -0.2) is 8.42 Å². The maximum atomic E-state index is 12.7. The molecule has 2 aromatic carbocycles. The van der Waals surface area contributed by atoms with Crippen molar-refractivity contribution in [2.24, 2.45) is 0 Å². The fourth-order valence-corrected chi connectivity index (χ4v) is 4.23. The fraction of sp³-hybridized carbons (Fsp3) is 0.143. The van der Waals surface area contributed by atoms with Gasteiger partial charge >= 0.3 is 0 Å². The topological polar surface area (TPSA) is 37.4 Å². The minimum atomic E-state index is -3.56. The van der Waals surface area contributed by atoms with Gasteiger partial charge in [0.1, 0.15) is 0 Å². The summed E-state index contributed by atoms with van der Waals surface area (Å²) in [6.07, 6.45) is 0. The molecule has 3 nitrogen and oxygen atoms in total. The molecule has 0 aliphatic heterocycles. The van der Waals surface area contributed by atoms with Crippen molar-refractivity contribution in [3.63, 3.8) is 0 Å². The highest BCUT2D eigenvalue weighted by atomic mass is 79.9. The van der Waals surface area contributed by atoms with Crippen LogP contribution in [0.3, 0.4) is 0 Å². The molecular formula is C14H13Br2NO2S. The van der Waals surface area contributed by atoms with Crippen LogP contribution in [0.2, 0.25) is 0 Å². The van der Waals surface area contributed by atoms with Crippen LogP contribution in [0.15, 0.2) is 62.4 Å². The van der Waals surface area contributed by atoms with Crippen LogP contribution in [-0.4, -0.2) is 15.0 Å². The quantitative estimate of drug-likeness (QED) is 0.736. The number of hydrogen-bond acceptors (Lipinski definition) is 2. The first-order valence-electron chi connectivity index (χ1n) is 5.99. The highest BCUT2D eigenvalue weighted by Gasteiger charge is 2.24. The summed E-state index contributed by atoms with van der Waals surface area (Å²) in [5.74, 6) is 0. The molecule has 0 aliphatic rings. The molecule has 2 aromatic rings. The summed E-state index contributed by atoms with van der Waals surface area (Å²) >= 11 is 6.71. The lowest BCUT2D eigenvalue weighted by Gasteiger charge is -2.24. The first-order chi connectivity index (χ1) is 9.46. The average molecular weight is 419 g/mol. The Morgan fingerprint density at radius 1 is 1.00 bits per heavy atom. The predicted octanol–water partition coefficient (Wildman–Crippen LogP) is 4.43. The minimum Gasteiger partial charge on any atom is -0.265 e. The molecule has 0 radical (unpaired) electrons. The highest BCUT2D eigenvalue weighted by Crippen LogP contribution is 2.30. The van der Waals surface area contributed by atoms with Gasteiger partial charge in [-0.1, -0.05) is 28.1 Å². The van der Waals surface area contributed by atoms with E-state index in [4.69, 9.17) is 0 Å². The van der Waals surface area contributed by atoms with E-state index in [1.807, 2.05) is 25.1 Å². The van der Waals surface area contributed by atoms with Crippen LogP contribution in [0.5, 0.6) is 0 Å². The lowest BCUT2D eigenvalue weighted by atomic mass is 10.3. The molecule has 0 aromatic heterocycles. The van der Waals surface area contributed by atoms with Crippen molar-refractivity contribution in [2.45, 2.75) is 11.8 Å². The SMILES string of the molecule is CCN(c1ccccc1Br)S(=O)(=O)c1ccc(Br)cc1. The second-order valence-electron chi connectivity index (χ2n) is 4.08. The molecule has 0 unspecified atom stereocenters. The van der Waals surface area contributed by atoms with E-state index in [9.17, 15) is 8.42 Å². The lowest BCUT2D eigenvalue weighted by Crippen LogP contribution is -2.31. The molecule has 6 heteroatoms. The van der Waals surface area contributed by atoms with Crippen molar-refractivity contribution in [2.75, 3.05) is 10.8 Å². The maximum Gasteiger partial charge on any atom is 0.264 e. The second-order valence-corrected chi connectivity index (χ2v) is 7.71. The van der Waals surface area contributed by atoms with Crippen molar-refractivity contribution in [1.82, 2.24) is 0 Å². The van der Waals surface area contributed by atoms with Crippen molar-refractivity contribution < 1.29 is 8.42 Å². The molecule has 0 heterocycles. The van der Waals surface area contributed by atoms with Gasteiger partial charge in [-0.15, -0.1) is 0 Å². The molecule has 0 aliphatic carbocycles. The van der Waals surface area contributed by atoms with Crippen LogP contribution < -0.4 is 4.31 Å². The Balaban J connectivity index is 2.51. The Morgan fingerprint density at radius 2 is 1.60 bits per heavy atom. The number of sulfonamides is 1. The van der Waals surface area contributed by atoms with Crippen LogP contribution in [-0.2, 0) is 10.0 Å². The van der Waals surface area contributed by atoms with Crippen LogP contribution in [0, 0.1) is 0 Å². The fourth-order valence-electron chi connectivity index (χ4n) is 1.86. The molecule has 0 spiro atoms. The van der Waals surface area contributed by atoms with E-state index in [1.54, 1.807) is 30.3 Å². The lowest BCUT2D eigenvalue weighted by molar-refractivity contribution is 0.592. The molecule has 20 heavy (non-hydrogen) atoms. The largest absolute Gasteiger partial charge is 0.265 e. The number of para-hydroxylation sites is 1. The smallest absolute Gasteiger partial charge is 0.264 e. The summed E-state index contributed by atoms with van der Waals surface area (Å²) in [4.78, 5) is 0.276. The minimum absolute atomic E-state index is 0.276. The van der Waals surface area contributed by atoms with Gasteiger partial charge in [0, 0.05) is 15.5 Å². The van der Waals surface area contributed by atoms with Crippen molar-refractivity contribution in [1.29, 1.82) is 0 Å². The van der Waals surface area contributed by atoms with E-state index in [2.05, 4.69) is 31.9 Å². The van der Waals surface area contributed by atoms with Crippen LogP contribution in [0.1, 0.15) is 6.92 Å². The van der Waals surface area contributed by atoms with Crippen molar-refractivity contribution in [3.05, 3.63) is 57.5 Å². The summed E-state index contributed by atoms with van der Waals surface area (Å²) in [5, 5.41) is 0. The third-order valence-electron chi connectivity index (χ3n) is 2.81. The monoisotopic (exact) mass is 417 g/mol. The van der Waals surface area contributed by atoms with Gasteiger partial charge in [0.05, 0.1) is 10.6 Å². The third-order valence-corrected chi connectivity index (χ3v) is 5.91. The average Bonchev–Trinajstić information content (AvgIpc) is 2.42. The van der Waals surface area contributed by atoms with Gasteiger partial charge in [-0.2, -0.15) is 0 Å². The second kappa shape index (κ2) is 6.28. The third kappa shape index (κ3) is 3.07. The normalized spacial score (nSPS) is 11.3. The number of hydrogen-bond donors (Lipinski definition) is 0. The Labute approximate surface area is 135 Å². The molecule has 106 valence electrons. The summed E-state index contributed by atoms with van der Waals surface area (Å²) in [5.41, 5.74) is 0.637. The first-order valence-corrected chi connectivity index (χ1v) is 9.02.